The third-order valence-electron chi connectivity index (χ3n) is 2.42. The first kappa shape index (κ1) is 8.37. The van der Waals surface area contributed by atoms with Crippen LogP contribution < -0.4 is 5.32 Å². The molecule has 0 unspecified atom stereocenters. The van der Waals surface area contributed by atoms with Crippen molar-refractivity contribution in [3.63, 3.8) is 0 Å². The molecule has 0 bridgehead atoms. The van der Waals surface area contributed by atoms with Gasteiger partial charge < -0.3 is 10.4 Å². The Morgan fingerprint density at radius 1 is 1.45 bits per heavy atom. The maximum atomic E-state index is 10.3. The normalized spacial score (nSPS) is 31.4. The highest BCUT2D eigenvalue weighted by Gasteiger charge is 2.22. The van der Waals surface area contributed by atoms with Gasteiger partial charge in [-0.05, 0) is 18.8 Å². The van der Waals surface area contributed by atoms with Crippen molar-refractivity contribution in [1.82, 2.24) is 5.32 Å². The van der Waals surface area contributed by atoms with E-state index in [0.29, 0.717) is 5.92 Å². The second-order valence-electron chi connectivity index (χ2n) is 3.32. The molecule has 3 nitrogen and oxygen atoms in total. The van der Waals surface area contributed by atoms with E-state index < -0.39 is 6.09 Å². The van der Waals surface area contributed by atoms with E-state index in [2.05, 4.69) is 12.2 Å². The maximum Gasteiger partial charge on any atom is 0.404 e. The van der Waals surface area contributed by atoms with Crippen molar-refractivity contribution >= 4 is 6.09 Å². The lowest BCUT2D eigenvalue weighted by molar-refractivity contribution is 0.178. The summed E-state index contributed by atoms with van der Waals surface area (Å²) in [4.78, 5) is 10.3. The van der Waals surface area contributed by atoms with Gasteiger partial charge in [0.25, 0.3) is 0 Å². The summed E-state index contributed by atoms with van der Waals surface area (Å²) in [6.07, 6.45) is 3.69. The molecule has 1 amide bonds. The second-order valence-corrected chi connectivity index (χ2v) is 3.32. The minimum Gasteiger partial charge on any atom is -0.465 e. The van der Waals surface area contributed by atoms with Gasteiger partial charge in [0.15, 0.2) is 0 Å². The topological polar surface area (TPSA) is 49.3 Å². The fourth-order valence-electron chi connectivity index (χ4n) is 1.69. The standard InChI is InChI=1S/C8H15NO2/c1-6-4-2-3-5-7(6)9-8(10)11/h6-7,9H,2-5H2,1H3,(H,10,11)/t6-,7+/m1/s1. The van der Waals surface area contributed by atoms with Crippen LogP contribution in [0.1, 0.15) is 32.6 Å². The van der Waals surface area contributed by atoms with E-state index in [0.717, 1.165) is 19.3 Å². The maximum absolute atomic E-state index is 10.3. The van der Waals surface area contributed by atoms with Crippen LogP contribution in [0.15, 0.2) is 0 Å². The molecule has 0 saturated heterocycles. The van der Waals surface area contributed by atoms with Gasteiger partial charge in [0, 0.05) is 6.04 Å². The Balaban J connectivity index is 2.35. The van der Waals surface area contributed by atoms with Gasteiger partial charge in [-0.25, -0.2) is 4.79 Å². The summed E-state index contributed by atoms with van der Waals surface area (Å²) in [6, 6.07) is 0.196. The molecule has 0 aliphatic heterocycles. The number of hydrogen-bond acceptors (Lipinski definition) is 1. The number of carboxylic acid groups (broad SMARTS) is 1. The molecule has 64 valence electrons. The van der Waals surface area contributed by atoms with Crippen LogP contribution in [0.2, 0.25) is 0 Å². The smallest absolute Gasteiger partial charge is 0.404 e. The summed E-state index contributed by atoms with van der Waals surface area (Å²) in [5.41, 5.74) is 0. The van der Waals surface area contributed by atoms with E-state index in [-0.39, 0.29) is 6.04 Å². The fourth-order valence-corrected chi connectivity index (χ4v) is 1.69. The minimum atomic E-state index is -0.885. The molecule has 1 fully saturated rings. The average Bonchev–Trinajstić information content (AvgIpc) is 1.93. The Bertz CT molecular complexity index is 147. The summed E-state index contributed by atoms with van der Waals surface area (Å²) >= 11 is 0. The number of nitrogens with one attached hydrogen (secondary N) is 1. The molecule has 0 aromatic rings. The molecular formula is C8H15NO2. The zero-order valence-electron chi connectivity index (χ0n) is 6.84. The van der Waals surface area contributed by atoms with E-state index in [9.17, 15) is 4.79 Å². The van der Waals surface area contributed by atoms with Crippen molar-refractivity contribution in [3.05, 3.63) is 0 Å². The quantitative estimate of drug-likeness (QED) is 0.610. The van der Waals surface area contributed by atoms with Crippen LogP contribution in [0, 0.1) is 5.92 Å². The van der Waals surface area contributed by atoms with Gasteiger partial charge in [0.2, 0.25) is 0 Å². The summed E-state index contributed by atoms with van der Waals surface area (Å²) in [7, 11) is 0. The van der Waals surface area contributed by atoms with Gasteiger partial charge in [-0.2, -0.15) is 0 Å². The van der Waals surface area contributed by atoms with Crippen molar-refractivity contribution in [2.75, 3.05) is 0 Å². The first-order chi connectivity index (χ1) is 5.20. The van der Waals surface area contributed by atoms with Gasteiger partial charge in [-0.15, -0.1) is 0 Å². The molecule has 1 aliphatic carbocycles. The molecule has 2 N–H and O–H groups in total. The highest BCUT2D eigenvalue weighted by atomic mass is 16.4. The molecule has 0 radical (unpaired) electrons. The van der Waals surface area contributed by atoms with Gasteiger partial charge in [-0.1, -0.05) is 19.8 Å². The molecule has 1 saturated carbocycles. The summed E-state index contributed by atoms with van der Waals surface area (Å²) in [5, 5.41) is 11.0. The molecule has 0 aromatic heterocycles. The van der Waals surface area contributed by atoms with E-state index in [4.69, 9.17) is 5.11 Å². The van der Waals surface area contributed by atoms with Crippen molar-refractivity contribution in [2.24, 2.45) is 5.92 Å². The van der Waals surface area contributed by atoms with Crippen molar-refractivity contribution in [3.8, 4) is 0 Å². The first-order valence-corrected chi connectivity index (χ1v) is 4.19. The fraction of sp³-hybridized carbons (Fsp3) is 0.875. The van der Waals surface area contributed by atoms with Crippen LogP contribution in [0.25, 0.3) is 0 Å². The van der Waals surface area contributed by atoms with Gasteiger partial charge in [0.1, 0.15) is 0 Å². The van der Waals surface area contributed by atoms with Crippen LogP contribution in [0.5, 0.6) is 0 Å². The highest BCUT2D eigenvalue weighted by molar-refractivity contribution is 5.64. The molecule has 1 aliphatic rings. The highest BCUT2D eigenvalue weighted by Crippen LogP contribution is 2.23. The Morgan fingerprint density at radius 3 is 2.64 bits per heavy atom. The molecule has 0 aromatic carbocycles. The molecule has 1 rings (SSSR count). The Morgan fingerprint density at radius 2 is 2.09 bits per heavy atom. The SMILES string of the molecule is C[C@@H]1CCCC[C@@H]1NC(=O)O. The van der Waals surface area contributed by atoms with Crippen LogP contribution in [0.4, 0.5) is 4.79 Å². The molecule has 11 heavy (non-hydrogen) atoms. The van der Waals surface area contributed by atoms with Crippen molar-refractivity contribution < 1.29 is 9.90 Å². The molecular weight excluding hydrogens is 142 g/mol. The molecule has 0 spiro atoms. The lowest BCUT2D eigenvalue weighted by Crippen LogP contribution is -2.40. The Labute approximate surface area is 66.8 Å². The minimum absolute atomic E-state index is 0.196. The number of amides is 1. The lowest BCUT2D eigenvalue weighted by Gasteiger charge is -2.28. The zero-order chi connectivity index (χ0) is 8.27. The van der Waals surface area contributed by atoms with E-state index >= 15 is 0 Å². The Kier molecular flexibility index (Phi) is 2.74. The van der Waals surface area contributed by atoms with E-state index in [1.807, 2.05) is 0 Å². The number of hydrogen-bond donors (Lipinski definition) is 2. The second kappa shape index (κ2) is 3.60. The molecule has 0 heterocycles. The monoisotopic (exact) mass is 157 g/mol. The predicted molar refractivity (Wildman–Crippen MR) is 42.6 cm³/mol. The van der Waals surface area contributed by atoms with Crippen molar-refractivity contribution in [1.29, 1.82) is 0 Å². The largest absolute Gasteiger partial charge is 0.465 e. The van der Waals surface area contributed by atoms with Crippen molar-refractivity contribution in [2.45, 2.75) is 38.6 Å². The van der Waals surface area contributed by atoms with E-state index in [1.165, 1.54) is 6.42 Å². The number of carbonyl (C=O) groups is 1. The van der Waals surface area contributed by atoms with Crippen LogP contribution in [-0.4, -0.2) is 17.2 Å². The van der Waals surface area contributed by atoms with E-state index in [1.54, 1.807) is 0 Å². The number of rotatable bonds is 1. The Hall–Kier alpha value is -0.730. The third-order valence-corrected chi connectivity index (χ3v) is 2.42. The van der Waals surface area contributed by atoms with Crippen LogP contribution in [0.3, 0.4) is 0 Å². The first-order valence-electron chi connectivity index (χ1n) is 4.19. The van der Waals surface area contributed by atoms with Gasteiger partial charge in [-0.3, -0.25) is 0 Å². The molecule has 2 atom stereocenters. The predicted octanol–water partition coefficient (Wildman–Crippen LogP) is 1.83. The summed E-state index contributed by atoms with van der Waals surface area (Å²) in [5.74, 6) is 0.514. The van der Waals surface area contributed by atoms with Gasteiger partial charge >= 0.3 is 6.09 Å². The third kappa shape index (κ3) is 2.41. The zero-order valence-corrected chi connectivity index (χ0v) is 6.84. The molecule has 3 heteroatoms. The lowest BCUT2D eigenvalue weighted by atomic mass is 9.86. The summed E-state index contributed by atoms with van der Waals surface area (Å²) < 4.78 is 0. The average molecular weight is 157 g/mol. The van der Waals surface area contributed by atoms with Gasteiger partial charge in [0.05, 0.1) is 0 Å². The van der Waals surface area contributed by atoms with Crippen LogP contribution in [-0.2, 0) is 0 Å². The van der Waals surface area contributed by atoms with Crippen LogP contribution >= 0.6 is 0 Å². The summed E-state index contributed by atoms with van der Waals surface area (Å²) in [6.45, 7) is 2.11.